The van der Waals surface area contributed by atoms with E-state index in [4.69, 9.17) is 4.74 Å². The number of halogens is 2. The summed E-state index contributed by atoms with van der Waals surface area (Å²) in [6.07, 6.45) is 1.94. The number of aromatic nitrogens is 3. The Morgan fingerprint density at radius 3 is 2.76 bits per heavy atom. The second-order valence-electron chi connectivity index (χ2n) is 8.05. The summed E-state index contributed by atoms with van der Waals surface area (Å²) in [7, 11) is 1.56. The van der Waals surface area contributed by atoms with Gasteiger partial charge in [0.2, 0.25) is 5.43 Å². The molecule has 1 N–H and O–H groups in total. The van der Waals surface area contributed by atoms with E-state index in [0.29, 0.717) is 34.1 Å². The van der Waals surface area contributed by atoms with Gasteiger partial charge in [0.25, 0.3) is 5.91 Å². The van der Waals surface area contributed by atoms with Crippen molar-refractivity contribution in [1.29, 1.82) is 0 Å². The zero-order valence-corrected chi connectivity index (χ0v) is 20.6. The van der Waals surface area contributed by atoms with E-state index in [1.807, 2.05) is 13.8 Å². The van der Waals surface area contributed by atoms with Crippen LogP contribution in [0.1, 0.15) is 40.9 Å². The molecule has 3 heterocycles. The lowest BCUT2D eigenvalue weighted by Gasteiger charge is -2.38. The van der Waals surface area contributed by atoms with Crippen LogP contribution in [0.2, 0.25) is 0 Å². The number of aromatic hydroxyl groups is 1. The highest BCUT2D eigenvalue weighted by atomic mass is 79.9. The fourth-order valence-corrected chi connectivity index (χ4v) is 5.20. The molecule has 0 aliphatic carbocycles. The zero-order chi connectivity index (χ0) is 23.9. The first kappa shape index (κ1) is 23.5. The van der Waals surface area contributed by atoms with Crippen LogP contribution < -0.4 is 5.43 Å². The van der Waals surface area contributed by atoms with Crippen molar-refractivity contribution in [2.24, 2.45) is 0 Å². The van der Waals surface area contributed by atoms with E-state index in [-0.39, 0.29) is 29.2 Å². The molecule has 1 amide bonds. The number of nitrogens with zero attached hydrogens (tertiary/aromatic N) is 4. The van der Waals surface area contributed by atoms with Crippen molar-refractivity contribution in [2.45, 2.75) is 32.4 Å². The third kappa shape index (κ3) is 4.44. The molecule has 0 radical (unpaired) electrons. The number of carbonyl (C=O) groups excluding carboxylic acids is 1. The van der Waals surface area contributed by atoms with Gasteiger partial charge in [0.15, 0.2) is 16.5 Å². The molecule has 0 fully saturated rings. The summed E-state index contributed by atoms with van der Waals surface area (Å²) in [5, 5.41) is 20.0. The van der Waals surface area contributed by atoms with Crippen LogP contribution in [0.5, 0.6) is 5.75 Å². The predicted molar refractivity (Wildman–Crippen MR) is 125 cm³/mol. The summed E-state index contributed by atoms with van der Waals surface area (Å²) in [5.41, 5.74) is 0.251. The summed E-state index contributed by atoms with van der Waals surface area (Å²) < 4.78 is 20.9. The summed E-state index contributed by atoms with van der Waals surface area (Å²) in [6, 6.07) is 4.01. The number of hydrogen-bond acceptors (Lipinski definition) is 7. The SMILES string of the molecule is COC[C@H]1CN(C(C)C)C(=O)c2c(O)c(=O)c(-c3nnc(Cc4ccc(F)cc4Br)s3)cn21. The lowest BCUT2D eigenvalue weighted by Crippen LogP contribution is -2.48. The minimum atomic E-state index is -0.679. The van der Waals surface area contributed by atoms with Crippen LogP contribution in [0.25, 0.3) is 10.6 Å². The number of carbonyl (C=O) groups is 1. The van der Waals surface area contributed by atoms with Crippen molar-refractivity contribution in [2.75, 3.05) is 20.3 Å². The maximum Gasteiger partial charge on any atom is 0.274 e. The number of rotatable bonds is 6. The highest BCUT2D eigenvalue weighted by Gasteiger charge is 2.36. The minimum absolute atomic E-state index is 0.0502. The third-order valence-corrected chi connectivity index (χ3v) is 7.21. The van der Waals surface area contributed by atoms with E-state index in [9.17, 15) is 19.1 Å². The lowest BCUT2D eigenvalue weighted by molar-refractivity contribution is 0.0511. The van der Waals surface area contributed by atoms with Crippen molar-refractivity contribution in [3.8, 4) is 16.3 Å². The quantitative estimate of drug-likeness (QED) is 0.516. The Balaban J connectivity index is 1.75. The molecule has 0 saturated heterocycles. The Morgan fingerprint density at radius 1 is 1.33 bits per heavy atom. The maximum atomic E-state index is 13.4. The van der Waals surface area contributed by atoms with E-state index in [2.05, 4.69) is 26.1 Å². The Labute approximate surface area is 201 Å². The standard InChI is InChI=1S/C22H22BrFN4O4S/c1-11(2)27-8-14(10-32-3)28-9-15(19(29)20(30)18(28)22(27)31)21-26-25-17(33-21)6-12-4-5-13(24)7-16(12)23/h4-5,7,9,11,14,30H,6,8,10H2,1-3H3/t14-/m1/s1. The molecule has 0 bridgehead atoms. The summed E-state index contributed by atoms with van der Waals surface area (Å²) >= 11 is 4.54. The first-order chi connectivity index (χ1) is 15.7. The van der Waals surface area contributed by atoms with Crippen LogP contribution >= 0.6 is 27.3 Å². The van der Waals surface area contributed by atoms with Gasteiger partial charge in [0.1, 0.15) is 10.8 Å². The molecule has 4 rings (SSSR count). The van der Waals surface area contributed by atoms with Gasteiger partial charge >= 0.3 is 0 Å². The van der Waals surface area contributed by atoms with E-state index in [0.717, 1.165) is 5.56 Å². The number of hydrogen-bond donors (Lipinski definition) is 1. The summed E-state index contributed by atoms with van der Waals surface area (Å²) in [6.45, 7) is 4.44. The lowest BCUT2D eigenvalue weighted by atomic mass is 10.1. The van der Waals surface area contributed by atoms with Gasteiger partial charge in [-0.05, 0) is 31.5 Å². The molecular formula is C22H22BrFN4O4S. The van der Waals surface area contributed by atoms with Crippen molar-refractivity contribution < 1.29 is 19.0 Å². The van der Waals surface area contributed by atoms with Crippen LogP contribution in [-0.4, -0.2) is 57.0 Å². The van der Waals surface area contributed by atoms with Crippen LogP contribution in [0.15, 0.2) is 33.7 Å². The molecule has 8 nitrogen and oxygen atoms in total. The highest BCUT2D eigenvalue weighted by molar-refractivity contribution is 9.10. The monoisotopic (exact) mass is 536 g/mol. The number of amides is 1. The van der Waals surface area contributed by atoms with Crippen LogP contribution in [0.3, 0.4) is 0 Å². The molecule has 0 unspecified atom stereocenters. The topological polar surface area (TPSA) is 97.6 Å². The van der Waals surface area contributed by atoms with Gasteiger partial charge in [-0.1, -0.05) is 33.3 Å². The van der Waals surface area contributed by atoms with Gasteiger partial charge in [-0.2, -0.15) is 0 Å². The number of methoxy groups -OCH3 is 1. The number of ether oxygens (including phenoxy) is 1. The van der Waals surface area contributed by atoms with Gasteiger partial charge < -0.3 is 19.3 Å². The van der Waals surface area contributed by atoms with E-state index < -0.39 is 17.1 Å². The minimum Gasteiger partial charge on any atom is -0.503 e. The Kier molecular flexibility index (Phi) is 6.64. The average Bonchev–Trinajstić information content (AvgIpc) is 3.22. The second kappa shape index (κ2) is 9.32. The van der Waals surface area contributed by atoms with Gasteiger partial charge in [-0.25, -0.2) is 4.39 Å². The second-order valence-corrected chi connectivity index (χ2v) is 9.97. The molecule has 0 saturated carbocycles. The van der Waals surface area contributed by atoms with E-state index >= 15 is 0 Å². The molecular weight excluding hydrogens is 515 g/mol. The molecule has 1 atom stereocenters. The van der Waals surface area contributed by atoms with Crippen LogP contribution in [-0.2, 0) is 11.2 Å². The molecule has 33 heavy (non-hydrogen) atoms. The van der Waals surface area contributed by atoms with Crippen molar-refractivity contribution in [1.82, 2.24) is 19.7 Å². The zero-order valence-electron chi connectivity index (χ0n) is 18.2. The van der Waals surface area contributed by atoms with Gasteiger partial charge in [-0.15, -0.1) is 10.2 Å². The van der Waals surface area contributed by atoms with Gasteiger partial charge in [-0.3, -0.25) is 9.59 Å². The molecule has 1 aliphatic heterocycles. The van der Waals surface area contributed by atoms with Crippen molar-refractivity contribution >= 4 is 33.2 Å². The summed E-state index contributed by atoms with van der Waals surface area (Å²) in [4.78, 5) is 27.6. The number of benzene rings is 1. The average molecular weight is 537 g/mol. The first-order valence-electron chi connectivity index (χ1n) is 10.3. The normalized spacial score (nSPS) is 15.9. The van der Waals surface area contributed by atoms with E-state index in [1.54, 1.807) is 28.8 Å². The third-order valence-electron chi connectivity index (χ3n) is 5.51. The predicted octanol–water partition coefficient (Wildman–Crippen LogP) is 3.62. The van der Waals surface area contributed by atoms with Crippen molar-refractivity contribution in [3.63, 3.8) is 0 Å². The molecule has 3 aromatic rings. The fraction of sp³-hybridized carbons (Fsp3) is 0.364. The Hall–Kier alpha value is -2.63. The maximum absolute atomic E-state index is 13.4. The first-order valence-corrected chi connectivity index (χ1v) is 11.9. The van der Waals surface area contributed by atoms with E-state index in [1.165, 1.54) is 23.5 Å². The van der Waals surface area contributed by atoms with Gasteiger partial charge in [0.05, 0.1) is 18.2 Å². The summed E-state index contributed by atoms with van der Waals surface area (Å²) in [5.74, 6) is -1.36. The Bertz CT molecular complexity index is 1280. The molecule has 11 heteroatoms. The highest BCUT2D eigenvalue weighted by Crippen LogP contribution is 2.32. The molecule has 174 valence electrons. The smallest absolute Gasteiger partial charge is 0.274 e. The number of pyridine rings is 1. The Morgan fingerprint density at radius 2 is 2.09 bits per heavy atom. The van der Waals surface area contributed by atoms with Gasteiger partial charge in [0, 0.05) is 36.8 Å². The van der Waals surface area contributed by atoms with Crippen LogP contribution in [0, 0.1) is 5.82 Å². The van der Waals surface area contributed by atoms with Crippen molar-refractivity contribution in [3.05, 3.63) is 61.2 Å². The van der Waals surface area contributed by atoms with Crippen LogP contribution in [0.4, 0.5) is 4.39 Å². The molecule has 1 aliphatic rings. The molecule has 2 aromatic heterocycles. The number of fused-ring (bicyclic) bond motifs is 1. The fourth-order valence-electron chi connectivity index (χ4n) is 3.84. The molecule has 0 spiro atoms. The largest absolute Gasteiger partial charge is 0.503 e. The molecule has 1 aromatic carbocycles.